The van der Waals surface area contributed by atoms with Crippen molar-refractivity contribution in [3.05, 3.63) is 32.3 Å². The van der Waals surface area contributed by atoms with E-state index in [1.54, 1.807) is 12.3 Å². The summed E-state index contributed by atoms with van der Waals surface area (Å²) in [4.78, 5) is 3.99. The van der Waals surface area contributed by atoms with Gasteiger partial charge in [-0.15, -0.1) is 0 Å². The van der Waals surface area contributed by atoms with Gasteiger partial charge in [0.2, 0.25) is 0 Å². The fraction of sp³-hybridized carbons (Fsp3) is 0.300. The quantitative estimate of drug-likeness (QED) is 0.523. The van der Waals surface area contributed by atoms with Gasteiger partial charge in [0.05, 0.1) is 22.1 Å². The van der Waals surface area contributed by atoms with Crippen molar-refractivity contribution in [1.29, 1.82) is 0 Å². The Labute approximate surface area is 107 Å². The highest BCUT2D eigenvalue weighted by atomic mass is 127. The largest absolute Gasteiger partial charge is 0.461 e. The van der Waals surface area contributed by atoms with Gasteiger partial charge in [-0.3, -0.25) is 0 Å². The first kappa shape index (κ1) is 12.7. The number of pyridine rings is 1. The van der Waals surface area contributed by atoms with Gasteiger partial charge in [0.25, 0.3) is 0 Å². The first-order valence-corrected chi connectivity index (χ1v) is 5.76. The summed E-state index contributed by atoms with van der Waals surface area (Å²) in [6.45, 7) is 3.73. The maximum atomic E-state index is 8.92. The lowest BCUT2D eigenvalue weighted by Crippen LogP contribution is -1.96. The van der Waals surface area contributed by atoms with E-state index >= 15 is 0 Å². The van der Waals surface area contributed by atoms with Crippen LogP contribution in [0.4, 0.5) is 0 Å². The molecule has 1 N–H and O–H groups in total. The molecule has 0 fully saturated rings. The maximum Gasteiger partial charge on any atom is 0.177 e. The minimum atomic E-state index is -0.126. The van der Waals surface area contributed by atoms with Crippen molar-refractivity contribution in [2.24, 2.45) is 0 Å². The number of aliphatic hydroxyl groups excluding tert-OH is 1. The Bertz CT molecular complexity index is 366. The lowest BCUT2D eigenvalue weighted by atomic mass is 10.3. The van der Waals surface area contributed by atoms with Gasteiger partial charge in [0.1, 0.15) is 0 Å². The Balaban J connectivity index is 3.03. The Hall–Kier alpha value is -0.330. The first-order chi connectivity index (χ1) is 7.04. The topological polar surface area (TPSA) is 42.4 Å². The molecule has 1 heterocycles. The third-order valence-electron chi connectivity index (χ3n) is 1.51. The van der Waals surface area contributed by atoms with Crippen LogP contribution < -0.4 is 4.74 Å². The Morgan fingerprint density at radius 3 is 2.80 bits per heavy atom. The summed E-state index contributed by atoms with van der Waals surface area (Å²) >= 11 is 8.01. The second kappa shape index (κ2) is 5.67. The standard InChI is InChI=1S/C10H11ClINO2/c1-6(2)5-15-9-8(12)3-7(4-14)13-10(9)11/h3,5,14H,4H2,1-2H3. The fourth-order valence-electron chi connectivity index (χ4n) is 0.882. The molecule has 1 aromatic heterocycles. The van der Waals surface area contributed by atoms with E-state index in [1.165, 1.54) is 0 Å². The molecule has 1 rings (SSSR count). The summed E-state index contributed by atoms with van der Waals surface area (Å²) in [5, 5.41) is 9.19. The summed E-state index contributed by atoms with van der Waals surface area (Å²) < 4.78 is 6.21. The molecule has 0 bridgehead atoms. The van der Waals surface area contributed by atoms with E-state index in [0.29, 0.717) is 11.4 Å². The monoisotopic (exact) mass is 339 g/mol. The molecular formula is C10H11ClINO2. The van der Waals surface area contributed by atoms with Crippen LogP contribution in [0.15, 0.2) is 17.9 Å². The highest BCUT2D eigenvalue weighted by Crippen LogP contribution is 2.29. The number of allylic oxidation sites excluding steroid dienone is 1. The summed E-state index contributed by atoms with van der Waals surface area (Å²) in [6, 6.07) is 1.74. The van der Waals surface area contributed by atoms with Crippen LogP contribution in [-0.4, -0.2) is 10.1 Å². The van der Waals surface area contributed by atoms with Gasteiger partial charge >= 0.3 is 0 Å². The van der Waals surface area contributed by atoms with E-state index in [9.17, 15) is 0 Å². The third kappa shape index (κ3) is 3.62. The van der Waals surface area contributed by atoms with Crippen LogP contribution in [0.25, 0.3) is 0 Å². The van der Waals surface area contributed by atoms with E-state index in [0.717, 1.165) is 9.14 Å². The summed E-state index contributed by atoms with van der Waals surface area (Å²) in [5.74, 6) is 0.524. The minimum absolute atomic E-state index is 0.126. The first-order valence-electron chi connectivity index (χ1n) is 4.30. The molecule has 0 aliphatic heterocycles. The molecule has 0 saturated heterocycles. The van der Waals surface area contributed by atoms with Crippen molar-refractivity contribution in [3.8, 4) is 5.75 Å². The van der Waals surface area contributed by atoms with Crippen LogP contribution in [0.5, 0.6) is 5.75 Å². The number of ether oxygens (including phenoxy) is 1. The van der Waals surface area contributed by atoms with Crippen LogP contribution in [0.2, 0.25) is 5.15 Å². The summed E-state index contributed by atoms with van der Waals surface area (Å²) in [6.07, 6.45) is 1.61. The predicted octanol–water partition coefficient (Wildman–Crippen LogP) is 3.13. The molecule has 82 valence electrons. The number of hydrogen-bond acceptors (Lipinski definition) is 3. The molecule has 0 spiro atoms. The van der Waals surface area contributed by atoms with E-state index in [4.69, 9.17) is 21.4 Å². The molecule has 0 aliphatic rings. The number of halogens is 2. The van der Waals surface area contributed by atoms with E-state index in [2.05, 4.69) is 27.6 Å². The van der Waals surface area contributed by atoms with Crippen LogP contribution in [0.1, 0.15) is 19.5 Å². The average Bonchev–Trinajstić information content (AvgIpc) is 2.15. The van der Waals surface area contributed by atoms with Crippen LogP contribution in [0.3, 0.4) is 0 Å². The number of rotatable bonds is 3. The van der Waals surface area contributed by atoms with Crippen molar-refractivity contribution < 1.29 is 9.84 Å². The highest BCUT2D eigenvalue weighted by Gasteiger charge is 2.09. The molecule has 5 heteroatoms. The van der Waals surface area contributed by atoms with Crippen molar-refractivity contribution >= 4 is 34.2 Å². The Morgan fingerprint density at radius 1 is 1.67 bits per heavy atom. The molecule has 0 radical (unpaired) electrons. The molecule has 0 saturated carbocycles. The fourth-order valence-corrected chi connectivity index (χ4v) is 2.04. The normalized spacial score (nSPS) is 9.93. The van der Waals surface area contributed by atoms with Crippen molar-refractivity contribution in [1.82, 2.24) is 4.98 Å². The van der Waals surface area contributed by atoms with Crippen molar-refractivity contribution in [3.63, 3.8) is 0 Å². The molecule has 0 amide bonds. The van der Waals surface area contributed by atoms with Gasteiger partial charge in [-0.05, 0) is 48.1 Å². The molecule has 15 heavy (non-hydrogen) atoms. The molecule has 0 atom stereocenters. The zero-order chi connectivity index (χ0) is 11.4. The van der Waals surface area contributed by atoms with Crippen molar-refractivity contribution in [2.45, 2.75) is 20.5 Å². The van der Waals surface area contributed by atoms with Gasteiger partial charge in [-0.25, -0.2) is 4.98 Å². The molecular weight excluding hydrogens is 328 g/mol. The molecule has 3 nitrogen and oxygen atoms in total. The Kier molecular flexibility index (Phi) is 4.82. The van der Waals surface area contributed by atoms with E-state index < -0.39 is 0 Å². The van der Waals surface area contributed by atoms with Gasteiger partial charge in [0.15, 0.2) is 10.9 Å². The van der Waals surface area contributed by atoms with E-state index in [1.807, 2.05) is 13.8 Å². The second-order valence-corrected chi connectivity index (χ2v) is 4.71. The van der Waals surface area contributed by atoms with Crippen LogP contribution in [0, 0.1) is 3.57 Å². The lowest BCUT2D eigenvalue weighted by Gasteiger charge is -2.07. The lowest BCUT2D eigenvalue weighted by molar-refractivity contribution is 0.276. The number of aromatic nitrogens is 1. The number of nitrogens with zero attached hydrogens (tertiary/aromatic N) is 1. The van der Waals surface area contributed by atoms with Gasteiger partial charge in [0, 0.05) is 0 Å². The van der Waals surface area contributed by atoms with Crippen LogP contribution >= 0.6 is 34.2 Å². The third-order valence-corrected chi connectivity index (χ3v) is 2.57. The predicted molar refractivity (Wildman–Crippen MR) is 67.9 cm³/mol. The van der Waals surface area contributed by atoms with Gasteiger partial charge in [-0.2, -0.15) is 0 Å². The zero-order valence-corrected chi connectivity index (χ0v) is 11.3. The Morgan fingerprint density at radius 2 is 2.33 bits per heavy atom. The molecule has 0 unspecified atom stereocenters. The highest BCUT2D eigenvalue weighted by molar-refractivity contribution is 14.1. The summed E-state index contributed by atoms with van der Waals surface area (Å²) in [7, 11) is 0. The van der Waals surface area contributed by atoms with Gasteiger partial charge < -0.3 is 9.84 Å². The minimum Gasteiger partial charge on any atom is -0.461 e. The average molecular weight is 340 g/mol. The number of aliphatic hydroxyl groups is 1. The van der Waals surface area contributed by atoms with Crippen LogP contribution in [-0.2, 0) is 6.61 Å². The zero-order valence-electron chi connectivity index (χ0n) is 8.42. The molecule has 0 aromatic carbocycles. The maximum absolute atomic E-state index is 8.92. The summed E-state index contributed by atoms with van der Waals surface area (Å²) in [5.41, 5.74) is 1.57. The smallest absolute Gasteiger partial charge is 0.177 e. The second-order valence-electron chi connectivity index (χ2n) is 3.19. The van der Waals surface area contributed by atoms with Crippen molar-refractivity contribution in [2.75, 3.05) is 0 Å². The van der Waals surface area contributed by atoms with E-state index in [-0.39, 0.29) is 11.8 Å². The SMILES string of the molecule is CC(C)=COc1c(I)cc(CO)nc1Cl. The molecule has 0 aliphatic carbocycles. The van der Waals surface area contributed by atoms with Gasteiger partial charge in [-0.1, -0.05) is 11.6 Å². The molecule has 1 aromatic rings. The number of hydrogen-bond donors (Lipinski definition) is 1.